The summed E-state index contributed by atoms with van der Waals surface area (Å²) in [4.78, 5) is 15.0. The van der Waals surface area contributed by atoms with Gasteiger partial charge in [0, 0.05) is 6.54 Å². The van der Waals surface area contributed by atoms with E-state index in [2.05, 4.69) is 44.8 Å². The zero-order valence-electron chi connectivity index (χ0n) is 13.3. The number of hydrogen-bond donors (Lipinski definition) is 1. The second-order valence-corrected chi connectivity index (χ2v) is 7.93. The van der Waals surface area contributed by atoms with Gasteiger partial charge in [0.2, 0.25) is 5.91 Å². The molecule has 1 amide bonds. The Morgan fingerprint density at radius 3 is 2.37 bits per heavy atom. The smallest absolute Gasteiger partial charge is 0.244 e. The maximum atomic E-state index is 12.8. The Bertz CT molecular complexity index is 337. The van der Waals surface area contributed by atoms with Gasteiger partial charge in [0.25, 0.3) is 0 Å². The van der Waals surface area contributed by atoms with Gasteiger partial charge in [0.05, 0.1) is 11.7 Å². The van der Waals surface area contributed by atoms with Crippen LogP contribution >= 0.6 is 0 Å². The van der Waals surface area contributed by atoms with E-state index in [1.807, 2.05) is 0 Å². The molecule has 1 N–H and O–H groups in total. The normalized spacial score (nSPS) is 26.9. The van der Waals surface area contributed by atoms with Crippen LogP contribution in [0.3, 0.4) is 0 Å². The molecule has 2 rings (SSSR count). The van der Waals surface area contributed by atoms with E-state index in [1.165, 1.54) is 12.8 Å². The maximum Gasteiger partial charge on any atom is 0.244 e. The van der Waals surface area contributed by atoms with Gasteiger partial charge in [-0.1, -0.05) is 47.5 Å². The lowest BCUT2D eigenvalue weighted by Gasteiger charge is -2.30. The van der Waals surface area contributed by atoms with E-state index < -0.39 is 0 Å². The summed E-state index contributed by atoms with van der Waals surface area (Å²) in [5.74, 6) is 0.844. The number of nitrogens with one attached hydrogen (secondary N) is 1. The Morgan fingerprint density at radius 2 is 1.89 bits per heavy atom. The van der Waals surface area contributed by atoms with Crippen LogP contribution in [0.1, 0.15) is 66.7 Å². The highest BCUT2D eigenvalue weighted by Crippen LogP contribution is 2.38. The van der Waals surface area contributed by atoms with Crippen LogP contribution < -0.4 is 5.32 Å². The van der Waals surface area contributed by atoms with Gasteiger partial charge in [-0.2, -0.15) is 0 Å². The molecule has 2 aliphatic rings. The molecule has 0 aromatic rings. The summed E-state index contributed by atoms with van der Waals surface area (Å²) in [5, 5.41) is 3.68. The fraction of sp³-hybridized carbons (Fsp3) is 0.938. The Labute approximate surface area is 118 Å². The standard InChI is InChI=1S/C16H30N2O/c1-12(2)13-17-16(8-6-7-9-16)14(19)18(13)11-10-15(3,4)5/h12-13,17H,6-11H2,1-5H3. The topological polar surface area (TPSA) is 32.3 Å². The molecule has 110 valence electrons. The fourth-order valence-corrected chi connectivity index (χ4v) is 3.38. The first-order valence-corrected chi connectivity index (χ1v) is 7.84. The van der Waals surface area contributed by atoms with Crippen molar-refractivity contribution in [2.45, 2.75) is 78.4 Å². The predicted octanol–water partition coefficient (Wildman–Crippen LogP) is 3.15. The Morgan fingerprint density at radius 1 is 1.32 bits per heavy atom. The third kappa shape index (κ3) is 2.96. The first-order valence-electron chi connectivity index (χ1n) is 7.84. The van der Waals surface area contributed by atoms with Crippen molar-refractivity contribution in [1.29, 1.82) is 0 Å². The van der Waals surface area contributed by atoms with Gasteiger partial charge < -0.3 is 4.90 Å². The second kappa shape index (κ2) is 5.08. The summed E-state index contributed by atoms with van der Waals surface area (Å²) in [6.45, 7) is 12.1. The highest BCUT2D eigenvalue weighted by molar-refractivity contribution is 5.89. The van der Waals surface area contributed by atoms with Gasteiger partial charge >= 0.3 is 0 Å². The van der Waals surface area contributed by atoms with E-state index in [-0.39, 0.29) is 17.1 Å². The van der Waals surface area contributed by atoms with E-state index in [0.29, 0.717) is 11.8 Å². The number of carbonyl (C=O) groups excluding carboxylic acids is 1. The lowest BCUT2D eigenvalue weighted by atomic mass is 9.91. The molecule has 1 spiro atoms. The van der Waals surface area contributed by atoms with Crippen molar-refractivity contribution in [3.8, 4) is 0 Å². The lowest BCUT2D eigenvalue weighted by molar-refractivity contribution is -0.133. The van der Waals surface area contributed by atoms with Crippen molar-refractivity contribution in [1.82, 2.24) is 10.2 Å². The molecule has 0 aromatic carbocycles. The van der Waals surface area contributed by atoms with Gasteiger partial charge in [-0.05, 0) is 30.6 Å². The quantitative estimate of drug-likeness (QED) is 0.851. The van der Waals surface area contributed by atoms with Crippen LogP contribution in [0.2, 0.25) is 0 Å². The molecule has 3 nitrogen and oxygen atoms in total. The molecule has 1 heterocycles. The summed E-state index contributed by atoms with van der Waals surface area (Å²) in [6.07, 6.45) is 5.74. The maximum absolute atomic E-state index is 12.8. The molecule has 3 heteroatoms. The minimum Gasteiger partial charge on any atom is -0.325 e. The van der Waals surface area contributed by atoms with Crippen molar-refractivity contribution in [2.24, 2.45) is 11.3 Å². The number of rotatable bonds is 3. The van der Waals surface area contributed by atoms with Crippen LogP contribution in [0.15, 0.2) is 0 Å². The first kappa shape index (κ1) is 14.8. The molecular formula is C16H30N2O. The van der Waals surface area contributed by atoms with Gasteiger partial charge in [0.15, 0.2) is 0 Å². The molecule has 1 aliphatic heterocycles. The minimum atomic E-state index is -0.215. The first-order chi connectivity index (χ1) is 8.75. The number of nitrogens with zero attached hydrogens (tertiary/aromatic N) is 1. The van der Waals surface area contributed by atoms with Crippen LogP contribution in [0.25, 0.3) is 0 Å². The average Bonchev–Trinajstić information content (AvgIpc) is 2.84. The van der Waals surface area contributed by atoms with E-state index in [0.717, 1.165) is 25.8 Å². The zero-order chi connectivity index (χ0) is 14.3. The van der Waals surface area contributed by atoms with E-state index in [1.54, 1.807) is 0 Å². The largest absolute Gasteiger partial charge is 0.325 e. The van der Waals surface area contributed by atoms with E-state index in [9.17, 15) is 4.79 Å². The molecule has 1 aliphatic carbocycles. The molecule has 1 unspecified atom stereocenters. The summed E-state index contributed by atoms with van der Waals surface area (Å²) < 4.78 is 0. The molecule has 0 radical (unpaired) electrons. The predicted molar refractivity (Wildman–Crippen MR) is 78.7 cm³/mol. The highest BCUT2D eigenvalue weighted by Gasteiger charge is 2.52. The lowest BCUT2D eigenvalue weighted by Crippen LogP contribution is -2.45. The van der Waals surface area contributed by atoms with E-state index in [4.69, 9.17) is 0 Å². The van der Waals surface area contributed by atoms with Crippen LogP contribution in [0.5, 0.6) is 0 Å². The van der Waals surface area contributed by atoms with Crippen LogP contribution in [0.4, 0.5) is 0 Å². The zero-order valence-corrected chi connectivity index (χ0v) is 13.3. The van der Waals surface area contributed by atoms with Crippen LogP contribution in [-0.2, 0) is 4.79 Å². The Balaban J connectivity index is 2.12. The summed E-state index contributed by atoms with van der Waals surface area (Å²) in [7, 11) is 0. The third-order valence-electron chi connectivity index (χ3n) is 4.62. The van der Waals surface area contributed by atoms with Crippen molar-refractivity contribution < 1.29 is 4.79 Å². The minimum absolute atomic E-state index is 0.215. The molecule has 2 fully saturated rings. The molecule has 19 heavy (non-hydrogen) atoms. The fourth-order valence-electron chi connectivity index (χ4n) is 3.38. The van der Waals surface area contributed by atoms with Gasteiger partial charge in [-0.25, -0.2) is 0 Å². The van der Waals surface area contributed by atoms with Crippen LogP contribution in [-0.4, -0.2) is 29.1 Å². The van der Waals surface area contributed by atoms with E-state index >= 15 is 0 Å². The van der Waals surface area contributed by atoms with Gasteiger partial charge in [-0.3, -0.25) is 10.1 Å². The molecule has 0 bridgehead atoms. The number of amides is 1. The summed E-state index contributed by atoms with van der Waals surface area (Å²) >= 11 is 0. The number of hydrogen-bond acceptors (Lipinski definition) is 2. The molecule has 1 saturated heterocycles. The Hall–Kier alpha value is -0.570. The van der Waals surface area contributed by atoms with Crippen molar-refractivity contribution in [3.05, 3.63) is 0 Å². The molecule has 1 atom stereocenters. The highest BCUT2D eigenvalue weighted by atomic mass is 16.2. The molecule has 0 aromatic heterocycles. The van der Waals surface area contributed by atoms with Crippen molar-refractivity contribution in [3.63, 3.8) is 0 Å². The van der Waals surface area contributed by atoms with Crippen LogP contribution in [0, 0.1) is 11.3 Å². The van der Waals surface area contributed by atoms with Crippen molar-refractivity contribution >= 4 is 5.91 Å². The third-order valence-corrected chi connectivity index (χ3v) is 4.62. The molecule has 1 saturated carbocycles. The SMILES string of the molecule is CC(C)C1NC2(CCCC2)C(=O)N1CCC(C)(C)C. The van der Waals surface area contributed by atoms with Crippen molar-refractivity contribution in [2.75, 3.05) is 6.54 Å². The second-order valence-electron chi connectivity index (χ2n) is 7.93. The number of carbonyl (C=O) groups is 1. The van der Waals surface area contributed by atoms with Gasteiger partial charge in [-0.15, -0.1) is 0 Å². The van der Waals surface area contributed by atoms with Gasteiger partial charge in [0.1, 0.15) is 0 Å². The monoisotopic (exact) mass is 266 g/mol. The molecular weight excluding hydrogens is 236 g/mol. The summed E-state index contributed by atoms with van der Waals surface area (Å²) in [6, 6.07) is 0. The average molecular weight is 266 g/mol. The Kier molecular flexibility index (Phi) is 3.97. The summed E-state index contributed by atoms with van der Waals surface area (Å²) in [5.41, 5.74) is 0.0695.